The third-order valence-electron chi connectivity index (χ3n) is 9.42. The second-order valence-electron chi connectivity index (χ2n) is 14.4. The van der Waals surface area contributed by atoms with Gasteiger partial charge in [-0.05, 0) is 70.6 Å². The summed E-state index contributed by atoms with van der Waals surface area (Å²) in [5.74, 6) is -0.0471. The highest BCUT2D eigenvalue weighted by molar-refractivity contribution is 5.76. The van der Waals surface area contributed by atoms with Crippen molar-refractivity contribution in [3.05, 3.63) is 85.1 Å². The number of nitrogens with one attached hydrogen (secondary N) is 1. The lowest BCUT2D eigenvalue weighted by atomic mass is 10.0. The minimum atomic E-state index is -0.658. The predicted molar refractivity (Wildman–Crippen MR) is 230 cm³/mol. The summed E-state index contributed by atoms with van der Waals surface area (Å²) in [5, 5.41) is 22.6. The van der Waals surface area contributed by atoms with Crippen LogP contribution in [0.15, 0.2) is 85.1 Å². The van der Waals surface area contributed by atoms with Gasteiger partial charge < -0.3 is 15.5 Å². The molecule has 0 fully saturated rings. The Morgan fingerprint density at radius 3 is 1.23 bits per heavy atom. The van der Waals surface area contributed by atoms with Crippen LogP contribution >= 0.6 is 0 Å². The Bertz CT molecular complexity index is 957. The largest absolute Gasteiger partial charge is 0.394 e. The molecule has 0 aromatic carbocycles. The van der Waals surface area contributed by atoms with Crippen molar-refractivity contribution >= 4 is 5.91 Å². The number of hydrogen-bond acceptors (Lipinski definition) is 3. The highest BCUT2D eigenvalue weighted by Crippen LogP contribution is 2.15. The first kappa shape index (κ1) is 49.6. The van der Waals surface area contributed by atoms with Crippen molar-refractivity contribution in [2.75, 3.05) is 6.61 Å². The normalized spacial score (nSPS) is 13.8. The van der Waals surface area contributed by atoms with E-state index in [1.165, 1.54) is 89.9 Å². The van der Waals surface area contributed by atoms with Crippen LogP contribution in [0, 0.1) is 0 Å². The van der Waals surface area contributed by atoms with Gasteiger partial charge in [0.1, 0.15) is 0 Å². The Balaban J connectivity index is 3.44. The molecular formula is C48H83NO3. The molecule has 0 spiro atoms. The fraction of sp³-hybridized carbons (Fsp3) is 0.688. The van der Waals surface area contributed by atoms with Crippen molar-refractivity contribution in [3.8, 4) is 0 Å². The SMILES string of the molecule is CC/C=C\C/C=C\C/C=C\C/C=C\C/C=C\C/C=C\C/C=C\CCCCCCCCCCCCCCCCCC(=O)NC(CO)C(O)CCCCC. The first-order valence-corrected chi connectivity index (χ1v) is 21.8. The van der Waals surface area contributed by atoms with Crippen LogP contribution in [-0.2, 0) is 4.79 Å². The molecule has 52 heavy (non-hydrogen) atoms. The number of amides is 1. The second kappa shape index (κ2) is 43.0. The molecule has 298 valence electrons. The van der Waals surface area contributed by atoms with E-state index in [0.717, 1.165) is 77.0 Å². The van der Waals surface area contributed by atoms with Gasteiger partial charge in [0, 0.05) is 6.42 Å². The molecule has 0 aliphatic carbocycles. The van der Waals surface area contributed by atoms with E-state index in [1.807, 2.05) is 0 Å². The van der Waals surface area contributed by atoms with E-state index < -0.39 is 12.1 Å². The van der Waals surface area contributed by atoms with Crippen molar-refractivity contribution < 1.29 is 15.0 Å². The van der Waals surface area contributed by atoms with Crippen LogP contribution < -0.4 is 5.32 Å². The number of rotatable bonds is 38. The molecule has 0 saturated heterocycles. The summed E-state index contributed by atoms with van der Waals surface area (Å²) in [7, 11) is 0. The zero-order valence-electron chi connectivity index (χ0n) is 34.0. The van der Waals surface area contributed by atoms with E-state index >= 15 is 0 Å². The molecule has 0 aromatic rings. The van der Waals surface area contributed by atoms with Gasteiger partial charge in [-0.3, -0.25) is 4.79 Å². The fourth-order valence-corrected chi connectivity index (χ4v) is 6.10. The number of aliphatic hydroxyl groups excluding tert-OH is 2. The molecule has 4 nitrogen and oxygen atoms in total. The van der Waals surface area contributed by atoms with Crippen molar-refractivity contribution in [2.24, 2.45) is 0 Å². The van der Waals surface area contributed by atoms with E-state index in [0.29, 0.717) is 12.8 Å². The zero-order valence-corrected chi connectivity index (χ0v) is 34.0. The van der Waals surface area contributed by atoms with Gasteiger partial charge >= 0.3 is 0 Å². The Kier molecular flexibility index (Phi) is 41.0. The van der Waals surface area contributed by atoms with E-state index in [4.69, 9.17) is 0 Å². The van der Waals surface area contributed by atoms with Crippen LogP contribution in [0.2, 0.25) is 0 Å². The van der Waals surface area contributed by atoms with Crippen LogP contribution in [0.25, 0.3) is 0 Å². The van der Waals surface area contributed by atoms with Crippen LogP contribution in [0.4, 0.5) is 0 Å². The minimum absolute atomic E-state index is 0.0471. The van der Waals surface area contributed by atoms with E-state index in [-0.39, 0.29) is 12.5 Å². The maximum atomic E-state index is 12.2. The monoisotopic (exact) mass is 722 g/mol. The van der Waals surface area contributed by atoms with Gasteiger partial charge in [-0.1, -0.05) is 202 Å². The molecule has 0 saturated carbocycles. The fourth-order valence-electron chi connectivity index (χ4n) is 6.10. The summed E-state index contributed by atoms with van der Waals surface area (Å²) in [5.41, 5.74) is 0. The quantitative estimate of drug-likeness (QED) is 0.0439. The van der Waals surface area contributed by atoms with Crippen molar-refractivity contribution in [1.29, 1.82) is 0 Å². The van der Waals surface area contributed by atoms with Crippen molar-refractivity contribution in [2.45, 2.75) is 206 Å². The zero-order chi connectivity index (χ0) is 37.8. The lowest BCUT2D eigenvalue weighted by molar-refractivity contribution is -0.123. The number of allylic oxidation sites excluding steroid dienone is 14. The number of aliphatic hydroxyl groups is 2. The van der Waals surface area contributed by atoms with Crippen molar-refractivity contribution in [3.63, 3.8) is 0 Å². The average Bonchev–Trinajstić information content (AvgIpc) is 3.15. The van der Waals surface area contributed by atoms with E-state index in [1.54, 1.807) is 0 Å². The molecule has 0 heterocycles. The van der Waals surface area contributed by atoms with Crippen LogP contribution in [0.1, 0.15) is 194 Å². The predicted octanol–water partition coefficient (Wildman–Crippen LogP) is 13.7. The lowest BCUT2D eigenvalue weighted by Crippen LogP contribution is -2.45. The molecule has 0 bridgehead atoms. The molecule has 4 heteroatoms. The summed E-state index contributed by atoms with van der Waals surface area (Å²) in [6, 6.07) is -0.534. The smallest absolute Gasteiger partial charge is 0.220 e. The van der Waals surface area contributed by atoms with Crippen LogP contribution in [0.5, 0.6) is 0 Å². The second-order valence-corrected chi connectivity index (χ2v) is 14.4. The summed E-state index contributed by atoms with van der Waals surface area (Å²) in [6.07, 6.45) is 63.1. The van der Waals surface area contributed by atoms with Gasteiger partial charge in [0.25, 0.3) is 0 Å². The molecule has 2 unspecified atom stereocenters. The van der Waals surface area contributed by atoms with Crippen molar-refractivity contribution in [1.82, 2.24) is 5.32 Å². The standard InChI is InChI=1S/C48H83NO3/c1-3-5-7-8-9-10-11-12-13-14-15-16-17-18-19-20-21-22-23-24-25-26-27-28-29-30-31-32-33-34-35-36-37-38-39-40-42-44-48(52)49-46(45-50)47(51)43-41-6-4-2/h5,7,9-10,12-13,15-16,18-19,21-22,24-25,46-47,50-51H,3-4,6,8,11,14,17,20,23,26-45H2,1-2H3,(H,49,52)/b7-5-,10-9-,13-12-,16-15-,19-18-,22-21-,25-24-. The number of hydrogen-bond donors (Lipinski definition) is 3. The van der Waals surface area contributed by atoms with Crippen LogP contribution in [-0.4, -0.2) is 34.9 Å². The maximum Gasteiger partial charge on any atom is 0.220 e. The van der Waals surface area contributed by atoms with Crippen LogP contribution in [0.3, 0.4) is 0 Å². The molecule has 2 atom stereocenters. The first-order valence-electron chi connectivity index (χ1n) is 21.8. The Hall–Kier alpha value is -2.43. The molecule has 0 aromatic heterocycles. The Labute approximate surface area is 322 Å². The molecule has 0 radical (unpaired) electrons. The molecule has 0 rings (SSSR count). The Morgan fingerprint density at radius 1 is 0.481 bits per heavy atom. The highest BCUT2D eigenvalue weighted by atomic mass is 16.3. The van der Waals surface area contributed by atoms with Gasteiger partial charge in [0.15, 0.2) is 0 Å². The summed E-state index contributed by atoms with van der Waals surface area (Å²) >= 11 is 0. The molecular weight excluding hydrogens is 639 g/mol. The topological polar surface area (TPSA) is 69.6 Å². The third kappa shape index (κ3) is 38.8. The van der Waals surface area contributed by atoms with Gasteiger partial charge in [0.05, 0.1) is 18.8 Å². The minimum Gasteiger partial charge on any atom is -0.394 e. The molecule has 3 N–H and O–H groups in total. The van der Waals surface area contributed by atoms with Gasteiger partial charge in [-0.25, -0.2) is 0 Å². The molecule has 0 aliphatic rings. The number of unbranched alkanes of at least 4 members (excludes halogenated alkanes) is 17. The van der Waals surface area contributed by atoms with Gasteiger partial charge in [-0.15, -0.1) is 0 Å². The maximum absolute atomic E-state index is 12.2. The van der Waals surface area contributed by atoms with E-state index in [9.17, 15) is 15.0 Å². The molecule has 0 aliphatic heterocycles. The van der Waals surface area contributed by atoms with Gasteiger partial charge in [0.2, 0.25) is 5.91 Å². The summed E-state index contributed by atoms with van der Waals surface area (Å²) < 4.78 is 0. The van der Waals surface area contributed by atoms with Gasteiger partial charge in [-0.2, -0.15) is 0 Å². The number of carbonyl (C=O) groups is 1. The number of carbonyl (C=O) groups excluding carboxylic acids is 1. The lowest BCUT2D eigenvalue weighted by Gasteiger charge is -2.22. The molecule has 1 amide bonds. The van der Waals surface area contributed by atoms with E-state index in [2.05, 4.69) is 104 Å². The third-order valence-corrected chi connectivity index (χ3v) is 9.42. The summed E-state index contributed by atoms with van der Waals surface area (Å²) in [6.45, 7) is 4.09. The summed E-state index contributed by atoms with van der Waals surface area (Å²) in [4.78, 5) is 12.2. The Morgan fingerprint density at radius 2 is 0.846 bits per heavy atom. The average molecular weight is 722 g/mol. The first-order chi connectivity index (χ1) is 25.7. The highest BCUT2D eigenvalue weighted by Gasteiger charge is 2.19.